The summed E-state index contributed by atoms with van der Waals surface area (Å²) < 4.78 is 0. The summed E-state index contributed by atoms with van der Waals surface area (Å²) in [5, 5.41) is 11.7. The maximum atomic E-state index is 12.3. The van der Waals surface area contributed by atoms with Crippen LogP contribution in [0.3, 0.4) is 0 Å². The topological polar surface area (TPSA) is 81.6 Å². The predicted octanol–water partition coefficient (Wildman–Crippen LogP) is 4.35. The minimum absolute atomic E-state index is 0.217. The quantitative estimate of drug-likeness (QED) is 0.582. The third-order valence-electron chi connectivity index (χ3n) is 4.08. The number of nitriles is 1. The van der Waals surface area contributed by atoms with E-state index in [1.807, 2.05) is 54.6 Å². The van der Waals surface area contributed by atoms with E-state index in [2.05, 4.69) is 15.3 Å². The zero-order valence-electron chi connectivity index (χ0n) is 13.7. The molecule has 0 radical (unpaired) electrons. The Kier molecular flexibility index (Phi) is 3.92. The molecule has 1 heterocycles. The summed E-state index contributed by atoms with van der Waals surface area (Å²) >= 11 is 0. The number of nitrogens with one attached hydrogen (secondary N) is 2. The molecule has 0 aliphatic rings. The monoisotopic (exact) mass is 338 g/mol. The van der Waals surface area contributed by atoms with Crippen LogP contribution in [0.1, 0.15) is 15.9 Å². The maximum absolute atomic E-state index is 12.3. The number of carbonyl (C=O) groups excluding carboxylic acids is 1. The van der Waals surface area contributed by atoms with Gasteiger partial charge < -0.3 is 10.3 Å². The minimum Gasteiger partial charge on any atom is -0.338 e. The van der Waals surface area contributed by atoms with E-state index in [-0.39, 0.29) is 5.91 Å². The van der Waals surface area contributed by atoms with Crippen LogP contribution in [-0.4, -0.2) is 15.9 Å². The molecule has 0 bridgehead atoms. The molecule has 0 fully saturated rings. The molecule has 0 saturated heterocycles. The molecule has 124 valence electrons. The number of fused-ring (bicyclic) bond motifs is 1. The molecule has 5 heteroatoms. The van der Waals surface area contributed by atoms with E-state index in [1.165, 1.54) is 0 Å². The number of anilines is 1. The van der Waals surface area contributed by atoms with E-state index in [0.717, 1.165) is 22.4 Å². The number of carbonyl (C=O) groups is 1. The molecular weight excluding hydrogens is 324 g/mol. The first-order valence-electron chi connectivity index (χ1n) is 8.10. The first kappa shape index (κ1) is 15.6. The molecule has 5 nitrogen and oxygen atoms in total. The lowest BCUT2D eigenvalue weighted by Gasteiger charge is -2.06. The minimum atomic E-state index is -0.217. The molecule has 2 N–H and O–H groups in total. The van der Waals surface area contributed by atoms with E-state index in [9.17, 15) is 4.79 Å². The van der Waals surface area contributed by atoms with Gasteiger partial charge in [0.05, 0.1) is 22.7 Å². The lowest BCUT2D eigenvalue weighted by Crippen LogP contribution is -2.11. The average molecular weight is 338 g/mol. The Bertz CT molecular complexity index is 1090. The summed E-state index contributed by atoms with van der Waals surface area (Å²) in [4.78, 5) is 20.1. The second-order valence-electron chi connectivity index (χ2n) is 5.82. The molecule has 0 atom stereocenters. The molecule has 26 heavy (non-hydrogen) atoms. The highest BCUT2D eigenvalue weighted by molar-refractivity contribution is 6.04. The number of H-pyrrole nitrogens is 1. The van der Waals surface area contributed by atoms with Gasteiger partial charge in [0.1, 0.15) is 5.82 Å². The van der Waals surface area contributed by atoms with E-state index in [4.69, 9.17) is 5.26 Å². The van der Waals surface area contributed by atoms with Crippen molar-refractivity contribution in [3.05, 3.63) is 83.9 Å². The number of nitrogens with zero attached hydrogens (tertiary/aromatic N) is 2. The van der Waals surface area contributed by atoms with Crippen molar-refractivity contribution in [3.8, 4) is 17.5 Å². The normalized spacial score (nSPS) is 10.4. The molecule has 1 amide bonds. The summed E-state index contributed by atoms with van der Waals surface area (Å²) in [6.45, 7) is 0. The Morgan fingerprint density at radius 1 is 0.962 bits per heavy atom. The predicted molar refractivity (Wildman–Crippen MR) is 101 cm³/mol. The zero-order valence-corrected chi connectivity index (χ0v) is 13.7. The van der Waals surface area contributed by atoms with Gasteiger partial charge in [0, 0.05) is 16.8 Å². The van der Waals surface area contributed by atoms with E-state index < -0.39 is 0 Å². The van der Waals surface area contributed by atoms with Crippen LogP contribution in [0.4, 0.5) is 5.69 Å². The molecule has 0 unspecified atom stereocenters. The van der Waals surface area contributed by atoms with Gasteiger partial charge in [-0.2, -0.15) is 5.26 Å². The Labute approximate surface area is 149 Å². The van der Waals surface area contributed by atoms with Crippen LogP contribution >= 0.6 is 0 Å². The standard InChI is InChI=1S/C21H14N4O/c22-13-14-5-7-16(8-6-14)21(26)23-17-11-9-15(10-12-17)20-24-18-3-1-2-4-19(18)25-20/h1-12H,(H,23,26)(H,24,25). The third kappa shape index (κ3) is 3.04. The molecule has 0 aliphatic carbocycles. The van der Waals surface area contributed by atoms with Crippen molar-refractivity contribution in [2.75, 3.05) is 5.32 Å². The number of amides is 1. The number of imidazole rings is 1. The van der Waals surface area contributed by atoms with Crippen molar-refractivity contribution in [2.45, 2.75) is 0 Å². The SMILES string of the molecule is N#Cc1ccc(C(=O)Nc2ccc(-c3nc4ccccc4[nH]3)cc2)cc1. The van der Waals surface area contributed by atoms with Gasteiger partial charge in [-0.25, -0.2) is 4.98 Å². The van der Waals surface area contributed by atoms with E-state index in [0.29, 0.717) is 16.8 Å². The fourth-order valence-corrected chi connectivity index (χ4v) is 2.70. The molecule has 4 rings (SSSR count). The Balaban J connectivity index is 1.52. The smallest absolute Gasteiger partial charge is 0.255 e. The van der Waals surface area contributed by atoms with Crippen LogP contribution in [0.25, 0.3) is 22.4 Å². The van der Waals surface area contributed by atoms with Crippen LogP contribution in [0, 0.1) is 11.3 Å². The van der Waals surface area contributed by atoms with Gasteiger partial charge in [-0.3, -0.25) is 4.79 Å². The van der Waals surface area contributed by atoms with Crippen LogP contribution in [-0.2, 0) is 0 Å². The number of hydrogen-bond acceptors (Lipinski definition) is 3. The second-order valence-corrected chi connectivity index (χ2v) is 5.82. The number of hydrogen-bond donors (Lipinski definition) is 2. The molecular formula is C21H14N4O. The summed E-state index contributed by atoms with van der Waals surface area (Å²) in [6.07, 6.45) is 0. The van der Waals surface area contributed by atoms with Gasteiger partial charge in [-0.1, -0.05) is 12.1 Å². The van der Waals surface area contributed by atoms with Crippen molar-refractivity contribution in [1.29, 1.82) is 5.26 Å². The molecule has 3 aromatic carbocycles. The van der Waals surface area contributed by atoms with Crippen LogP contribution < -0.4 is 5.32 Å². The largest absolute Gasteiger partial charge is 0.338 e. The van der Waals surface area contributed by atoms with E-state index >= 15 is 0 Å². The zero-order chi connectivity index (χ0) is 17.9. The van der Waals surface area contributed by atoms with Crippen molar-refractivity contribution in [1.82, 2.24) is 9.97 Å². The van der Waals surface area contributed by atoms with Crippen LogP contribution in [0.15, 0.2) is 72.8 Å². The number of para-hydroxylation sites is 2. The highest BCUT2D eigenvalue weighted by Crippen LogP contribution is 2.22. The molecule has 1 aromatic heterocycles. The lowest BCUT2D eigenvalue weighted by atomic mass is 10.1. The van der Waals surface area contributed by atoms with Gasteiger partial charge in [0.25, 0.3) is 5.91 Å². The molecule has 0 spiro atoms. The van der Waals surface area contributed by atoms with Crippen molar-refractivity contribution in [2.24, 2.45) is 0 Å². The summed E-state index contributed by atoms with van der Waals surface area (Å²) in [5.74, 6) is 0.571. The van der Waals surface area contributed by atoms with Gasteiger partial charge >= 0.3 is 0 Å². The first-order chi connectivity index (χ1) is 12.7. The van der Waals surface area contributed by atoms with E-state index in [1.54, 1.807) is 24.3 Å². The Morgan fingerprint density at radius 2 is 1.69 bits per heavy atom. The number of benzene rings is 3. The number of rotatable bonds is 3. The summed E-state index contributed by atoms with van der Waals surface area (Å²) in [5.41, 5.74) is 4.57. The fourth-order valence-electron chi connectivity index (χ4n) is 2.70. The third-order valence-corrected chi connectivity index (χ3v) is 4.08. The summed E-state index contributed by atoms with van der Waals surface area (Å²) in [7, 11) is 0. The second kappa shape index (κ2) is 6.54. The van der Waals surface area contributed by atoms with Crippen molar-refractivity contribution < 1.29 is 4.79 Å². The highest BCUT2D eigenvalue weighted by Gasteiger charge is 2.08. The maximum Gasteiger partial charge on any atom is 0.255 e. The van der Waals surface area contributed by atoms with Gasteiger partial charge in [-0.15, -0.1) is 0 Å². The van der Waals surface area contributed by atoms with Gasteiger partial charge in [0.15, 0.2) is 0 Å². The van der Waals surface area contributed by atoms with Crippen molar-refractivity contribution >= 4 is 22.6 Å². The first-order valence-corrected chi connectivity index (χ1v) is 8.10. The van der Waals surface area contributed by atoms with Gasteiger partial charge in [-0.05, 0) is 60.7 Å². The molecule has 4 aromatic rings. The van der Waals surface area contributed by atoms with Crippen LogP contribution in [0.5, 0.6) is 0 Å². The van der Waals surface area contributed by atoms with Crippen LogP contribution in [0.2, 0.25) is 0 Å². The highest BCUT2D eigenvalue weighted by atomic mass is 16.1. The average Bonchev–Trinajstić information content (AvgIpc) is 3.13. The lowest BCUT2D eigenvalue weighted by molar-refractivity contribution is 0.102. The summed E-state index contributed by atoms with van der Waals surface area (Å²) in [6, 6.07) is 23.9. The Morgan fingerprint density at radius 3 is 2.38 bits per heavy atom. The fraction of sp³-hybridized carbons (Fsp3) is 0. The molecule has 0 saturated carbocycles. The van der Waals surface area contributed by atoms with Crippen molar-refractivity contribution in [3.63, 3.8) is 0 Å². The molecule has 0 aliphatic heterocycles. The number of aromatic nitrogens is 2. The van der Waals surface area contributed by atoms with Gasteiger partial charge in [0.2, 0.25) is 0 Å². The number of aromatic amines is 1. The Hall–Kier alpha value is -3.91.